The smallest absolute Gasteiger partial charge is 0.138 e. The van der Waals surface area contributed by atoms with Crippen LogP contribution in [-0.2, 0) is 13.0 Å². The fourth-order valence-electron chi connectivity index (χ4n) is 2.52. The Kier molecular flexibility index (Phi) is 5.66. The zero-order chi connectivity index (χ0) is 16.1. The van der Waals surface area contributed by atoms with E-state index in [9.17, 15) is 0 Å². The minimum atomic E-state index is 0.267. The summed E-state index contributed by atoms with van der Waals surface area (Å²) in [6, 6.07) is 3.76. The Labute approximate surface area is 136 Å². The lowest BCUT2D eigenvalue weighted by atomic mass is 9.91. The number of aromatic nitrogens is 3. The Morgan fingerprint density at radius 3 is 2.45 bits per heavy atom. The van der Waals surface area contributed by atoms with E-state index < -0.39 is 0 Å². The van der Waals surface area contributed by atoms with Gasteiger partial charge in [-0.3, -0.25) is 4.68 Å². The minimum absolute atomic E-state index is 0.267. The average molecular weight is 324 g/mol. The molecule has 1 unspecified atom stereocenters. The SMILES string of the molecule is CCC(Cc1cn(CC)nn1)c1cc(OC)c(Cl)cc1OC. The Morgan fingerprint density at radius 2 is 1.91 bits per heavy atom. The lowest BCUT2D eigenvalue weighted by Gasteiger charge is -2.19. The molecule has 0 aliphatic rings. The quantitative estimate of drug-likeness (QED) is 0.779. The molecule has 0 saturated heterocycles. The van der Waals surface area contributed by atoms with E-state index in [4.69, 9.17) is 21.1 Å². The maximum Gasteiger partial charge on any atom is 0.138 e. The molecule has 22 heavy (non-hydrogen) atoms. The van der Waals surface area contributed by atoms with E-state index in [2.05, 4.69) is 17.2 Å². The topological polar surface area (TPSA) is 49.2 Å². The van der Waals surface area contributed by atoms with Crippen molar-refractivity contribution in [3.63, 3.8) is 0 Å². The molecule has 1 atom stereocenters. The van der Waals surface area contributed by atoms with Gasteiger partial charge in [-0.15, -0.1) is 5.10 Å². The molecule has 0 aliphatic heterocycles. The van der Waals surface area contributed by atoms with E-state index in [1.165, 1.54) is 0 Å². The first-order valence-electron chi connectivity index (χ1n) is 7.43. The number of halogens is 1. The molecule has 2 aromatic rings. The predicted molar refractivity (Wildman–Crippen MR) is 87.0 cm³/mol. The normalized spacial score (nSPS) is 12.2. The van der Waals surface area contributed by atoms with Gasteiger partial charge in [-0.1, -0.05) is 23.7 Å². The second kappa shape index (κ2) is 7.49. The van der Waals surface area contributed by atoms with Gasteiger partial charge >= 0.3 is 0 Å². The third kappa shape index (κ3) is 3.53. The number of hydrogen-bond acceptors (Lipinski definition) is 4. The van der Waals surface area contributed by atoms with Gasteiger partial charge in [0.25, 0.3) is 0 Å². The molecule has 0 saturated carbocycles. The highest BCUT2D eigenvalue weighted by Crippen LogP contribution is 2.38. The molecule has 0 bridgehead atoms. The van der Waals surface area contributed by atoms with E-state index in [0.29, 0.717) is 10.8 Å². The van der Waals surface area contributed by atoms with Crippen LogP contribution in [0.3, 0.4) is 0 Å². The van der Waals surface area contributed by atoms with Crippen LogP contribution in [0.4, 0.5) is 0 Å². The summed E-state index contributed by atoms with van der Waals surface area (Å²) in [5.74, 6) is 1.71. The van der Waals surface area contributed by atoms with Crippen molar-refractivity contribution < 1.29 is 9.47 Å². The minimum Gasteiger partial charge on any atom is -0.496 e. The Morgan fingerprint density at radius 1 is 1.18 bits per heavy atom. The summed E-state index contributed by atoms with van der Waals surface area (Å²) < 4.78 is 12.7. The lowest BCUT2D eigenvalue weighted by Crippen LogP contribution is -2.05. The molecule has 6 heteroatoms. The van der Waals surface area contributed by atoms with Crippen LogP contribution in [-0.4, -0.2) is 29.2 Å². The van der Waals surface area contributed by atoms with Crippen LogP contribution in [0.5, 0.6) is 11.5 Å². The summed E-state index contributed by atoms with van der Waals surface area (Å²) >= 11 is 6.18. The summed E-state index contributed by atoms with van der Waals surface area (Å²) in [7, 11) is 3.27. The highest BCUT2D eigenvalue weighted by molar-refractivity contribution is 6.32. The van der Waals surface area contributed by atoms with Crippen molar-refractivity contribution >= 4 is 11.6 Å². The number of ether oxygens (including phenoxy) is 2. The third-order valence-corrected chi connectivity index (χ3v) is 4.10. The van der Waals surface area contributed by atoms with Crippen LogP contribution >= 0.6 is 11.6 Å². The molecule has 0 N–H and O–H groups in total. The van der Waals surface area contributed by atoms with Crippen molar-refractivity contribution in [2.75, 3.05) is 14.2 Å². The summed E-state index contributed by atoms with van der Waals surface area (Å²) in [5, 5.41) is 8.88. The zero-order valence-electron chi connectivity index (χ0n) is 13.5. The summed E-state index contributed by atoms with van der Waals surface area (Å²) in [4.78, 5) is 0. The number of nitrogens with zero attached hydrogens (tertiary/aromatic N) is 3. The van der Waals surface area contributed by atoms with Gasteiger partial charge in [0.05, 0.1) is 24.9 Å². The Hall–Kier alpha value is -1.75. The monoisotopic (exact) mass is 323 g/mol. The fourth-order valence-corrected chi connectivity index (χ4v) is 2.75. The van der Waals surface area contributed by atoms with Crippen LogP contribution in [0.2, 0.25) is 5.02 Å². The van der Waals surface area contributed by atoms with Crippen molar-refractivity contribution in [2.45, 2.75) is 39.2 Å². The van der Waals surface area contributed by atoms with Gasteiger partial charge in [0.15, 0.2) is 0 Å². The van der Waals surface area contributed by atoms with Crippen molar-refractivity contribution in [3.8, 4) is 11.5 Å². The van der Waals surface area contributed by atoms with Gasteiger partial charge in [-0.05, 0) is 25.3 Å². The van der Waals surface area contributed by atoms with E-state index in [1.54, 1.807) is 20.3 Å². The third-order valence-electron chi connectivity index (χ3n) is 3.80. The van der Waals surface area contributed by atoms with Gasteiger partial charge in [-0.2, -0.15) is 0 Å². The van der Waals surface area contributed by atoms with Crippen molar-refractivity contribution in [2.24, 2.45) is 0 Å². The molecule has 0 spiro atoms. The molecule has 0 aliphatic carbocycles. The predicted octanol–water partition coefficient (Wildman–Crippen LogP) is 3.70. The van der Waals surface area contributed by atoms with Crippen molar-refractivity contribution in [1.82, 2.24) is 15.0 Å². The summed E-state index contributed by atoms with van der Waals surface area (Å²) in [5.41, 5.74) is 2.06. The number of aryl methyl sites for hydroxylation is 1. The fraction of sp³-hybridized carbons (Fsp3) is 0.500. The molecule has 0 amide bonds. The Bertz CT molecular complexity index is 628. The molecule has 1 aromatic carbocycles. The number of rotatable bonds is 7. The number of methoxy groups -OCH3 is 2. The van der Waals surface area contributed by atoms with Crippen LogP contribution < -0.4 is 9.47 Å². The second-order valence-electron chi connectivity index (χ2n) is 5.10. The highest BCUT2D eigenvalue weighted by atomic mass is 35.5. The molecule has 120 valence electrons. The highest BCUT2D eigenvalue weighted by Gasteiger charge is 2.19. The van der Waals surface area contributed by atoms with Gasteiger partial charge in [-0.25, -0.2) is 0 Å². The molecule has 1 heterocycles. The zero-order valence-corrected chi connectivity index (χ0v) is 14.2. The molecular weight excluding hydrogens is 302 g/mol. The standard InChI is InChI=1S/C16H22ClN3O2/c1-5-11(7-12-10-20(6-2)19-18-12)13-8-16(22-4)14(17)9-15(13)21-3/h8-11H,5-7H2,1-4H3. The largest absolute Gasteiger partial charge is 0.496 e. The van der Waals surface area contributed by atoms with Crippen LogP contribution in [0.25, 0.3) is 0 Å². The Balaban J connectivity index is 2.33. The van der Waals surface area contributed by atoms with Crippen molar-refractivity contribution in [3.05, 3.63) is 34.6 Å². The maximum atomic E-state index is 6.18. The molecule has 1 aromatic heterocycles. The van der Waals surface area contributed by atoms with Gasteiger partial charge in [0.2, 0.25) is 0 Å². The van der Waals surface area contributed by atoms with Gasteiger partial charge in [0.1, 0.15) is 11.5 Å². The number of benzene rings is 1. The molecule has 0 fully saturated rings. The van der Waals surface area contributed by atoms with E-state index in [0.717, 1.165) is 36.4 Å². The van der Waals surface area contributed by atoms with Gasteiger partial charge < -0.3 is 9.47 Å². The van der Waals surface area contributed by atoms with E-state index in [-0.39, 0.29) is 5.92 Å². The van der Waals surface area contributed by atoms with Gasteiger partial charge in [0, 0.05) is 30.8 Å². The average Bonchev–Trinajstić information content (AvgIpc) is 3.00. The first-order chi connectivity index (χ1) is 10.6. The molecular formula is C16H22ClN3O2. The van der Waals surface area contributed by atoms with E-state index in [1.807, 2.05) is 23.9 Å². The maximum absolute atomic E-state index is 6.18. The summed E-state index contributed by atoms with van der Waals surface area (Å²) in [6.45, 7) is 5.01. The van der Waals surface area contributed by atoms with Crippen LogP contribution in [0, 0.1) is 0 Å². The molecule has 0 radical (unpaired) electrons. The van der Waals surface area contributed by atoms with Crippen molar-refractivity contribution in [1.29, 1.82) is 0 Å². The first-order valence-corrected chi connectivity index (χ1v) is 7.81. The summed E-state index contributed by atoms with van der Waals surface area (Å²) in [6.07, 6.45) is 3.75. The first kappa shape index (κ1) is 16.6. The molecule has 5 nitrogen and oxygen atoms in total. The van der Waals surface area contributed by atoms with Crippen LogP contribution in [0.15, 0.2) is 18.3 Å². The van der Waals surface area contributed by atoms with Crippen LogP contribution in [0.1, 0.15) is 37.4 Å². The van der Waals surface area contributed by atoms with E-state index >= 15 is 0 Å². The molecule has 2 rings (SSSR count). The lowest BCUT2D eigenvalue weighted by molar-refractivity contribution is 0.394. The number of hydrogen-bond donors (Lipinski definition) is 0. The second-order valence-corrected chi connectivity index (χ2v) is 5.51.